The maximum Gasteiger partial charge on any atom is 0.0406 e. The number of hydrogen-bond acceptors (Lipinski definition) is 1. The van der Waals surface area contributed by atoms with Gasteiger partial charge in [-0.05, 0) is 24.3 Å². The van der Waals surface area contributed by atoms with Gasteiger partial charge in [-0.2, -0.15) is 0 Å². The van der Waals surface area contributed by atoms with Gasteiger partial charge in [0.2, 0.25) is 0 Å². The normalized spacial score (nSPS) is 9.89. The fraction of sp³-hybridized carbons (Fsp3) is 0. The van der Waals surface area contributed by atoms with E-state index in [1.165, 1.54) is 0 Å². The van der Waals surface area contributed by atoms with Gasteiger partial charge in [-0.15, -0.1) is 0 Å². The molecule has 1 aromatic carbocycles. The molecule has 46 valence electrons. The monoisotopic (exact) mass is 157 g/mol. The molecule has 0 heterocycles. The number of benzene rings is 1. The highest BCUT2D eigenvalue weighted by Crippen LogP contribution is 2.06. The van der Waals surface area contributed by atoms with Gasteiger partial charge in [-0.1, -0.05) is 11.6 Å². The molecule has 0 radical (unpaired) electrons. The van der Waals surface area contributed by atoms with E-state index in [1.807, 2.05) is 12.1 Å². The van der Waals surface area contributed by atoms with Gasteiger partial charge in [-0.25, -0.2) is 0 Å². The molecule has 1 rings (SSSR count). The Morgan fingerprint density at radius 1 is 1.22 bits per heavy atom. The van der Waals surface area contributed by atoms with Crippen LogP contribution < -0.4 is 5.30 Å². The molecule has 0 unspecified atom stereocenters. The highest BCUT2D eigenvalue weighted by atomic mass is 35.5. The molecule has 0 fully saturated rings. The van der Waals surface area contributed by atoms with Crippen LogP contribution in [0.25, 0.3) is 0 Å². The van der Waals surface area contributed by atoms with Crippen molar-refractivity contribution >= 4 is 25.3 Å². The van der Waals surface area contributed by atoms with Crippen molar-refractivity contribution < 1.29 is 0 Å². The first-order valence-electron chi connectivity index (χ1n) is 2.46. The van der Waals surface area contributed by atoms with Gasteiger partial charge in [0.25, 0.3) is 0 Å². The van der Waals surface area contributed by atoms with Crippen LogP contribution in [0, 0.1) is 5.16 Å². The molecule has 9 heavy (non-hydrogen) atoms. The second kappa shape index (κ2) is 2.95. The van der Waals surface area contributed by atoms with Crippen molar-refractivity contribution in [1.29, 1.82) is 5.16 Å². The van der Waals surface area contributed by atoms with E-state index in [9.17, 15) is 0 Å². The maximum absolute atomic E-state index is 6.94. The molecule has 3 heteroatoms. The molecular weight excluding hydrogens is 152 g/mol. The molecule has 0 atom stereocenters. The third kappa shape index (κ3) is 1.78. The van der Waals surface area contributed by atoms with Gasteiger partial charge in [0.05, 0.1) is 0 Å². The zero-order valence-corrected chi connectivity index (χ0v) is 6.28. The van der Waals surface area contributed by atoms with Crippen molar-refractivity contribution in [3.63, 3.8) is 0 Å². The summed E-state index contributed by atoms with van der Waals surface area (Å²) in [6.45, 7) is 0. The second-order valence-corrected chi connectivity index (χ2v) is 2.76. The summed E-state index contributed by atoms with van der Waals surface area (Å²) in [5.74, 6) is 0. The zero-order chi connectivity index (χ0) is 6.69. The molecule has 1 N–H and O–H groups in total. The van der Waals surface area contributed by atoms with Crippen molar-refractivity contribution in [3.8, 4) is 0 Å². The van der Waals surface area contributed by atoms with Crippen LogP contribution in [0.4, 0.5) is 0 Å². The third-order valence-electron chi connectivity index (χ3n) is 0.956. The summed E-state index contributed by atoms with van der Waals surface area (Å²) < 4.78 is 0. The molecule has 0 bridgehead atoms. The average Bonchev–Trinajstić information content (AvgIpc) is 1.90. The molecule has 1 nitrogen and oxygen atoms in total. The molecule has 0 aliphatic carbocycles. The summed E-state index contributed by atoms with van der Waals surface area (Å²) in [4.78, 5) is 0. The van der Waals surface area contributed by atoms with Crippen molar-refractivity contribution in [1.82, 2.24) is 0 Å². The third-order valence-corrected chi connectivity index (χ3v) is 1.76. The van der Waals surface area contributed by atoms with Crippen LogP contribution in [0.15, 0.2) is 24.3 Å². The predicted molar refractivity (Wildman–Crippen MR) is 40.7 cm³/mol. The zero-order valence-electron chi connectivity index (χ0n) is 4.63. The first kappa shape index (κ1) is 6.73. The summed E-state index contributed by atoms with van der Waals surface area (Å²) in [7, 11) is 0.543. The molecule has 0 aliphatic rings. The predicted octanol–water partition coefficient (Wildman–Crippen LogP) is 2.67. The Morgan fingerprint density at radius 3 is 2.22 bits per heavy atom. The van der Waals surface area contributed by atoms with E-state index in [2.05, 4.69) is 0 Å². The lowest BCUT2D eigenvalue weighted by molar-refractivity contribution is 1.64. The fourth-order valence-corrected chi connectivity index (χ4v) is 0.940. The summed E-state index contributed by atoms with van der Waals surface area (Å²) >= 11 is 5.60. The highest BCUT2D eigenvalue weighted by Gasteiger charge is 1.85. The van der Waals surface area contributed by atoms with Gasteiger partial charge in [0.15, 0.2) is 0 Å². The van der Waals surface area contributed by atoms with Crippen molar-refractivity contribution in [2.24, 2.45) is 0 Å². The van der Waals surface area contributed by atoms with E-state index < -0.39 is 0 Å². The number of halogens is 1. The number of rotatable bonds is 1. The van der Waals surface area contributed by atoms with E-state index in [0.717, 1.165) is 10.3 Å². The molecule has 0 aliphatic heterocycles. The minimum Gasteiger partial charge on any atom is -0.279 e. The molecule has 1 aromatic rings. The van der Waals surface area contributed by atoms with Crippen molar-refractivity contribution in [3.05, 3.63) is 29.3 Å². The topological polar surface area (TPSA) is 23.9 Å². The first-order valence-corrected chi connectivity index (χ1v) is 3.73. The van der Waals surface area contributed by atoms with Crippen LogP contribution in [-0.4, -0.2) is 0 Å². The van der Waals surface area contributed by atoms with Crippen LogP contribution in [0.1, 0.15) is 0 Å². The molecule has 0 aromatic heterocycles. The van der Waals surface area contributed by atoms with E-state index in [0.29, 0.717) is 8.37 Å². The lowest BCUT2D eigenvalue weighted by Crippen LogP contribution is -1.85. The van der Waals surface area contributed by atoms with Crippen molar-refractivity contribution in [2.45, 2.75) is 0 Å². The standard InChI is InChI=1S/C6H5ClNP/c7-5-1-3-6(9-8)4-2-5/h1-4,8H. The van der Waals surface area contributed by atoms with Gasteiger partial charge < -0.3 is 0 Å². The Bertz CT molecular complexity index is 207. The van der Waals surface area contributed by atoms with E-state index in [1.54, 1.807) is 12.1 Å². The Morgan fingerprint density at radius 2 is 1.78 bits per heavy atom. The quantitative estimate of drug-likeness (QED) is 0.606. The number of nitrogens with one attached hydrogen (secondary N) is 1. The lowest BCUT2D eigenvalue weighted by atomic mass is 10.4. The van der Waals surface area contributed by atoms with Crippen LogP contribution in [0.2, 0.25) is 5.02 Å². The minimum atomic E-state index is 0.543. The van der Waals surface area contributed by atoms with Crippen molar-refractivity contribution in [2.75, 3.05) is 0 Å². The molecule has 0 amide bonds. The maximum atomic E-state index is 6.94. The Labute approximate surface area is 60.3 Å². The van der Waals surface area contributed by atoms with E-state index in [-0.39, 0.29) is 0 Å². The Kier molecular flexibility index (Phi) is 2.21. The minimum absolute atomic E-state index is 0.543. The first-order chi connectivity index (χ1) is 4.33. The van der Waals surface area contributed by atoms with Crippen LogP contribution in [0.3, 0.4) is 0 Å². The van der Waals surface area contributed by atoms with E-state index in [4.69, 9.17) is 16.8 Å². The van der Waals surface area contributed by atoms with Gasteiger partial charge in [0, 0.05) is 18.7 Å². The Balaban J connectivity index is 3.01. The summed E-state index contributed by atoms with van der Waals surface area (Å²) in [6.07, 6.45) is 0. The fourth-order valence-electron chi connectivity index (χ4n) is 0.516. The lowest BCUT2D eigenvalue weighted by Gasteiger charge is -1.88. The SMILES string of the molecule is N=Pc1ccc(Cl)cc1. The van der Waals surface area contributed by atoms with Crippen LogP contribution >= 0.6 is 20.0 Å². The van der Waals surface area contributed by atoms with Crippen LogP contribution in [-0.2, 0) is 0 Å². The van der Waals surface area contributed by atoms with Gasteiger partial charge in [0.1, 0.15) is 0 Å². The average molecular weight is 158 g/mol. The smallest absolute Gasteiger partial charge is 0.0406 e. The summed E-state index contributed by atoms with van der Waals surface area (Å²) in [5, 5.41) is 8.64. The second-order valence-electron chi connectivity index (χ2n) is 1.59. The Hall–Kier alpha value is -0.390. The molecule has 0 saturated carbocycles. The molecular formula is C6H5ClNP. The molecule has 0 saturated heterocycles. The summed E-state index contributed by atoms with van der Waals surface area (Å²) in [5.41, 5.74) is 0. The highest BCUT2D eigenvalue weighted by molar-refractivity contribution is 7.35. The van der Waals surface area contributed by atoms with Crippen LogP contribution in [0.5, 0.6) is 0 Å². The number of hydrogen-bond donors (Lipinski definition) is 1. The van der Waals surface area contributed by atoms with Gasteiger partial charge in [-0.3, -0.25) is 5.16 Å². The summed E-state index contributed by atoms with van der Waals surface area (Å²) in [6, 6.07) is 7.27. The van der Waals surface area contributed by atoms with Gasteiger partial charge >= 0.3 is 0 Å². The van der Waals surface area contributed by atoms with E-state index >= 15 is 0 Å². The largest absolute Gasteiger partial charge is 0.279 e. The molecule has 0 spiro atoms.